The lowest BCUT2D eigenvalue weighted by Gasteiger charge is -1.91. The Morgan fingerprint density at radius 2 is 0.393 bits per heavy atom. The first-order chi connectivity index (χ1) is 14.0. The van der Waals surface area contributed by atoms with Crippen LogP contribution in [0.3, 0.4) is 0 Å². The predicted octanol–water partition coefficient (Wildman–Crippen LogP) is 8.23. The summed E-state index contributed by atoms with van der Waals surface area (Å²) in [7, 11) is 0. The molecule has 0 aromatic heterocycles. The van der Waals surface area contributed by atoms with Crippen LogP contribution >= 0.6 is 0 Å². The van der Waals surface area contributed by atoms with Gasteiger partial charge in [0.1, 0.15) is 0 Å². The Morgan fingerprint density at radius 1 is 0.214 bits per heavy atom. The van der Waals surface area contributed by atoms with E-state index < -0.39 is 0 Å². The highest BCUT2D eigenvalue weighted by Crippen LogP contribution is 2.02. The van der Waals surface area contributed by atoms with Gasteiger partial charge >= 0.3 is 0 Å². The Balaban J connectivity index is 2.55. The molecular formula is C28H32. The zero-order chi connectivity index (χ0) is 19.8. The van der Waals surface area contributed by atoms with Crippen LogP contribution in [0.4, 0.5) is 0 Å². The van der Waals surface area contributed by atoms with Gasteiger partial charge in [0.25, 0.3) is 0 Å². The SMILES string of the molecule is C1=C\C=C/C=C\C=C/C=CCCCCC=C\C=C/C=C\C=C/C=C\C=C/C=C1. The standard InChI is InChI=1S/C28H32/c1-2-4-6-8-10-12-14-16-18-20-22-24-26-28-27-25-23-21-19-17-15-13-11-9-7-5-3-1/h1-24H,25-28H2/b3-1-,4-2?,7-5-,8-6?,11-9-,12-10-,15-13-,16-14-,19-17-,20-18-,23-21?,24-22?. The van der Waals surface area contributed by atoms with Crippen LogP contribution in [0.15, 0.2) is 146 Å². The third kappa shape index (κ3) is 17.7. The average Bonchev–Trinajstić information content (AvgIpc) is 2.71. The van der Waals surface area contributed by atoms with E-state index in [-0.39, 0.29) is 0 Å². The van der Waals surface area contributed by atoms with Gasteiger partial charge in [0.2, 0.25) is 0 Å². The molecule has 0 aromatic rings. The number of hydrogen-bond acceptors (Lipinski definition) is 0. The molecule has 0 heterocycles. The molecule has 0 aliphatic heterocycles. The van der Waals surface area contributed by atoms with Gasteiger partial charge in [-0.15, -0.1) is 0 Å². The Bertz CT molecular complexity index is 656. The molecule has 0 N–H and O–H groups in total. The fraction of sp³-hybridized carbons (Fsp3) is 0.143. The summed E-state index contributed by atoms with van der Waals surface area (Å²) in [6.07, 6.45) is 54.0. The van der Waals surface area contributed by atoms with Gasteiger partial charge in [-0.05, 0) is 25.7 Å². The first kappa shape index (κ1) is 22.9. The summed E-state index contributed by atoms with van der Waals surface area (Å²) >= 11 is 0. The van der Waals surface area contributed by atoms with Crippen LogP contribution in [0.1, 0.15) is 25.7 Å². The molecule has 144 valence electrons. The Hall–Kier alpha value is -3.12. The smallest absolute Gasteiger partial charge is 0.0347 e. The van der Waals surface area contributed by atoms with Crippen LogP contribution in [-0.4, -0.2) is 0 Å². The van der Waals surface area contributed by atoms with E-state index in [1.807, 2.05) is 97.2 Å². The van der Waals surface area contributed by atoms with Crippen molar-refractivity contribution in [3.8, 4) is 0 Å². The van der Waals surface area contributed by atoms with Crippen molar-refractivity contribution in [2.75, 3.05) is 0 Å². The molecule has 0 fully saturated rings. The van der Waals surface area contributed by atoms with E-state index in [4.69, 9.17) is 0 Å². The van der Waals surface area contributed by atoms with Gasteiger partial charge in [-0.2, -0.15) is 0 Å². The van der Waals surface area contributed by atoms with Gasteiger partial charge in [-0.1, -0.05) is 146 Å². The molecule has 1 rings (SSSR count). The molecule has 0 heteroatoms. The van der Waals surface area contributed by atoms with Gasteiger partial charge in [0.05, 0.1) is 0 Å². The van der Waals surface area contributed by atoms with Gasteiger partial charge in [0, 0.05) is 0 Å². The summed E-state index contributed by atoms with van der Waals surface area (Å²) in [4.78, 5) is 0. The highest BCUT2D eigenvalue weighted by molar-refractivity contribution is 5.23. The van der Waals surface area contributed by atoms with Crippen molar-refractivity contribution >= 4 is 0 Å². The van der Waals surface area contributed by atoms with Crippen molar-refractivity contribution in [2.45, 2.75) is 25.7 Å². The van der Waals surface area contributed by atoms with Gasteiger partial charge in [-0.3, -0.25) is 0 Å². The molecule has 1 aliphatic carbocycles. The second kappa shape index (κ2) is 20.2. The summed E-state index contributed by atoms with van der Waals surface area (Å²) in [5.74, 6) is 0. The van der Waals surface area contributed by atoms with E-state index in [2.05, 4.69) is 48.6 Å². The maximum atomic E-state index is 2.23. The molecule has 0 nitrogen and oxygen atoms in total. The Labute approximate surface area is 171 Å². The van der Waals surface area contributed by atoms with Crippen LogP contribution in [-0.2, 0) is 0 Å². The summed E-state index contributed by atoms with van der Waals surface area (Å²) in [6, 6.07) is 0. The minimum Gasteiger partial charge on any atom is -0.0845 e. The molecule has 0 saturated carbocycles. The van der Waals surface area contributed by atoms with Gasteiger partial charge < -0.3 is 0 Å². The van der Waals surface area contributed by atoms with Crippen LogP contribution in [0.25, 0.3) is 0 Å². The van der Waals surface area contributed by atoms with Crippen molar-refractivity contribution in [1.29, 1.82) is 0 Å². The van der Waals surface area contributed by atoms with Crippen molar-refractivity contribution in [3.05, 3.63) is 146 Å². The highest BCUT2D eigenvalue weighted by atomic mass is 13.9. The number of hydrogen-bond donors (Lipinski definition) is 0. The maximum absolute atomic E-state index is 2.23. The summed E-state index contributed by atoms with van der Waals surface area (Å²) in [5.41, 5.74) is 0. The average molecular weight is 369 g/mol. The summed E-state index contributed by atoms with van der Waals surface area (Å²) in [6.45, 7) is 0. The second-order valence-corrected chi connectivity index (χ2v) is 5.99. The lowest BCUT2D eigenvalue weighted by atomic mass is 10.2. The molecular weight excluding hydrogens is 336 g/mol. The maximum Gasteiger partial charge on any atom is -0.0347 e. The lowest BCUT2D eigenvalue weighted by molar-refractivity contribution is 0.762. The minimum absolute atomic E-state index is 1.13. The molecule has 0 atom stereocenters. The van der Waals surface area contributed by atoms with E-state index >= 15 is 0 Å². The number of allylic oxidation sites excluding steroid dienone is 24. The van der Waals surface area contributed by atoms with Crippen molar-refractivity contribution in [1.82, 2.24) is 0 Å². The second-order valence-electron chi connectivity index (χ2n) is 5.99. The molecule has 1 aliphatic rings. The molecule has 0 unspecified atom stereocenters. The molecule has 0 amide bonds. The Kier molecular flexibility index (Phi) is 16.5. The fourth-order valence-corrected chi connectivity index (χ4v) is 2.16. The monoisotopic (exact) mass is 368 g/mol. The van der Waals surface area contributed by atoms with E-state index in [1.165, 1.54) is 12.8 Å². The largest absolute Gasteiger partial charge is 0.0845 e. The fourth-order valence-electron chi connectivity index (χ4n) is 2.16. The van der Waals surface area contributed by atoms with Crippen LogP contribution in [0.5, 0.6) is 0 Å². The van der Waals surface area contributed by atoms with Crippen LogP contribution in [0.2, 0.25) is 0 Å². The van der Waals surface area contributed by atoms with E-state index in [0.717, 1.165) is 12.8 Å². The first-order valence-electron chi connectivity index (χ1n) is 9.98. The van der Waals surface area contributed by atoms with Gasteiger partial charge in [0.15, 0.2) is 0 Å². The minimum atomic E-state index is 1.13. The molecule has 0 spiro atoms. The Morgan fingerprint density at radius 3 is 0.607 bits per heavy atom. The third-order valence-corrected chi connectivity index (χ3v) is 3.60. The molecule has 0 radical (unpaired) electrons. The summed E-state index contributed by atoms with van der Waals surface area (Å²) in [5, 5.41) is 0. The predicted molar refractivity (Wildman–Crippen MR) is 128 cm³/mol. The molecule has 0 bridgehead atoms. The topological polar surface area (TPSA) is 0 Å². The zero-order valence-corrected chi connectivity index (χ0v) is 16.7. The van der Waals surface area contributed by atoms with Crippen molar-refractivity contribution in [2.24, 2.45) is 0 Å². The van der Waals surface area contributed by atoms with Gasteiger partial charge in [-0.25, -0.2) is 0 Å². The first-order valence-corrected chi connectivity index (χ1v) is 9.98. The van der Waals surface area contributed by atoms with Crippen molar-refractivity contribution in [3.63, 3.8) is 0 Å². The summed E-state index contributed by atoms with van der Waals surface area (Å²) < 4.78 is 0. The molecule has 0 aromatic carbocycles. The molecule has 0 saturated heterocycles. The third-order valence-electron chi connectivity index (χ3n) is 3.60. The van der Waals surface area contributed by atoms with Crippen LogP contribution in [0, 0.1) is 0 Å². The normalized spacial score (nSPS) is 26.3. The highest BCUT2D eigenvalue weighted by Gasteiger charge is 1.82. The number of rotatable bonds is 0. The zero-order valence-electron chi connectivity index (χ0n) is 16.7. The van der Waals surface area contributed by atoms with E-state index in [1.54, 1.807) is 0 Å². The van der Waals surface area contributed by atoms with Crippen LogP contribution < -0.4 is 0 Å². The van der Waals surface area contributed by atoms with Crippen molar-refractivity contribution < 1.29 is 0 Å². The quantitative estimate of drug-likeness (QED) is 0.404. The molecule has 28 heavy (non-hydrogen) atoms. The van der Waals surface area contributed by atoms with E-state index in [9.17, 15) is 0 Å². The lowest BCUT2D eigenvalue weighted by Crippen LogP contribution is -1.71. The van der Waals surface area contributed by atoms with E-state index in [0.29, 0.717) is 0 Å².